The summed E-state index contributed by atoms with van der Waals surface area (Å²) in [5.74, 6) is 0.843. The molecule has 1 aliphatic rings. The Morgan fingerprint density at radius 3 is 3.10 bits per heavy atom. The molecule has 0 spiro atoms. The number of likely N-dealkylation sites (tertiary alicyclic amines) is 1. The summed E-state index contributed by atoms with van der Waals surface area (Å²) in [6.45, 7) is 3.02. The molecule has 108 valence electrons. The van der Waals surface area contributed by atoms with Crippen LogP contribution in [-0.4, -0.2) is 53.0 Å². The van der Waals surface area contributed by atoms with Crippen LogP contribution in [0.2, 0.25) is 5.15 Å². The zero-order chi connectivity index (χ0) is 14.1. The predicted octanol–water partition coefficient (Wildman–Crippen LogP) is 2.87. The SMILES string of the molecule is CN(C)CC1CCCN1Cc1nc(Cl)c2ccsc2n1. The summed E-state index contributed by atoms with van der Waals surface area (Å²) < 4.78 is 0. The van der Waals surface area contributed by atoms with Gasteiger partial charge in [0.05, 0.1) is 6.54 Å². The number of nitrogens with zero attached hydrogens (tertiary/aromatic N) is 4. The molecule has 2 aromatic rings. The Hall–Kier alpha value is -0.750. The van der Waals surface area contributed by atoms with Gasteiger partial charge in [-0.05, 0) is 44.9 Å². The monoisotopic (exact) mass is 310 g/mol. The molecule has 0 saturated carbocycles. The van der Waals surface area contributed by atoms with Crippen LogP contribution in [0.5, 0.6) is 0 Å². The summed E-state index contributed by atoms with van der Waals surface area (Å²) in [7, 11) is 4.25. The van der Waals surface area contributed by atoms with Crippen molar-refractivity contribution in [3.8, 4) is 0 Å². The standard InChI is InChI=1S/C14H19ClN4S/c1-18(2)8-10-4-3-6-19(10)9-12-16-13(15)11-5-7-20-14(11)17-12/h5,7,10H,3-4,6,8-9H2,1-2H3. The molecule has 3 heterocycles. The third-order valence-corrected chi connectivity index (χ3v) is 4.84. The molecular weight excluding hydrogens is 292 g/mol. The Morgan fingerprint density at radius 2 is 2.30 bits per heavy atom. The highest BCUT2D eigenvalue weighted by Gasteiger charge is 2.25. The molecule has 0 aliphatic carbocycles. The fourth-order valence-corrected chi connectivity index (χ4v) is 3.93. The first-order valence-electron chi connectivity index (χ1n) is 6.92. The van der Waals surface area contributed by atoms with E-state index in [1.165, 1.54) is 12.8 Å². The third-order valence-electron chi connectivity index (χ3n) is 3.74. The number of thiophene rings is 1. The van der Waals surface area contributed by atoms with E-state index in [1.807, 2.05) is 11.4 Å². The van der Waals surface area contributed by atoms with Crippen molar-refractivity contribution in [3.63, 3.8) is 0 Å². The molecule has 1 unspecified atom stereocenters. The van der Waals surface area contributed by atoms with Gasteiger partial charge in [-0.25, -0.2) is 9.97 Å². The molecule has 2 aromatic heterocycles. The van der Waals surface area contributed by atoms with E-state index in [0.29, 0.717) is 11.2 Å². The fourth-order valence-electron chi connectivity index (χ4n) is 2.84. The van der Waals surface area contributed by atoms with Gasteiger partial charge in [-0.1, -0.05) is 11.6 Å². The van der Waals surface area contributed by atoms with Crippen molar-refractivity contribution in [2.45, 2.75) is 25.4 Å². The normalized spacial score (nSPS) is 20.3. The minimum atomic E-state index is 0.578. The summed E-state index contributed by atoms with van der Waals surface area (Å²) in [5.41, 5.74) is 0. The maximum absolute atomic E-state index is 6.24. The lowest BCUT2D eigenvalue weighted by Crippen LogP contribution is -2.37. The van der Waals surface area contributed by atoms with Crippen LogP contribution in [0.4, 0.5) is 0 Å². The first-order chi connectivity index (χ1) is 9.63. The number of hydrogen-bond donors (Lipinski definition) is 0. The molecule has 20 heavy (non-hydrogen) atoms. The molecular formula is C14H19ClN4S. The first-order valence-corrected chi connectivity index (χ1v) is 8.17. The van der Waals surface area contributed by atoms with Gasteiger partial charge in [0.25, 0.3) is 0 Å². The van der Waals surface area contributed by atoms with Crippen molar-refractivity contribution in [1.82, 2.24) is 19.8 Å². The largest absolute Gasteiger partial charge is 0.308 e. The molecule has 0 amide bonds. The number of rotatable bonds is 4. The van der Waals surface area contributed by atoms with Gasteiger partial charge >= 0.3 is 0 Å². The summed E-state index contributed by atoms with van der Waals surface area (Å²) in [6, 6.07) is 2.59. The highest BCUT2D eigenvalue weighted by molar-refractivity contribution is 7.16. The number of aromatic nitrogens is 2. The van der Waals surface area contributed by atoms with Crippen LogP contribution in [-0.2, 0) is 6.54 Å². The first kappa shape index (κ1) is 14.2. The Kier molecular flexibility index (Phi) is 4.21. The second kappa shape index (κ2) is 5.93. The smallest absolute Gasteiger partial charge is 0.145 e. The molecule has 6 heteroatoms. The van der Waals surface area contributed by atoms with Gasteiger partial charge in [0.1, 0.15) is 15.8 Å². The Morgan fingerprint density at radius 1 is 1.45 bits per heavy atom. The molecule has 1 fully saturated rings. The quantitative estimate of drug-likeness (QED) is 0.813. The molecule has 0 N–H and O–H groups in total. The van der Waals surface area contributed by atoms with E-state index in [9.17, 15) is 0 Å². The zero-order valence-electron chi connectivity index (χ0n) is 11.8. The van der Waals surface area contributed by atoms with Crippen LogP contribution in [0.3, 0.4) is 0 Å². The molecule has 0 radical (unpaired) electrons. The summed E-state index contributed by atoms with van der Waals surface area (Å²) >= 11 is 7.86. The van der Waals surface area contributed by atoms with Gasteiger partial charge < -0.3 is 4.90 Å². The van der Waals surface area contributed by atoms with Gasteiger partial charge in [0.2, 0.25) is 0 Å². The average Bonchev–Trinajstić information content (AvgIpc) is 2.99. The van der Waals surface area contributed by atoms with Crippen molar-refractivity contribution in [1.29, 1.82) is 0 Å². The van der Waals surface area contributed by atoms with E-state index in [2.05, 4.69) is 33.9 Å². The lowest BCUT2D eigenvalue weighted by Gasteiger charge is -2.26. The number of likely N-dealkylation sites (N-methyl/N-ethyl adjacent to an activating group) is 1. The van der Waals surface area contributed by atoms with Gasteiger partial charge in [-0.2, -0.15) is 0 Å². The zero-order valence-corrected chi connectivity index (χ0v) is 13.4. The molecule has 0 aromatic carbocycles. The highest BCUT2D eigenvalue weighted by atomic mass is 35.5. The third kappa shape index (κ3) is 2.96. The molecule has 0 bridgehead atoms. The van der Waals surface area contributed by atoms with Crippen molar-refractivity contribution >= 4 is 33.2 Å². The maximum atomic E-state index is 6.24. The maximum Gasteiger partial charge on any atom is 0.145 e. The fraction of sp³-hybridized carbons (Fsp3) is 0.571. The molecule has 1 saturated heterocycles. The molecule has 4 nitrogen and oxygen atoms in total. The van der Waals surface area contributed by atoms with E-state index >= 15 is 0 Å². The van der Waals surface area contributed by atoms with Crippen LogP contribution in [0, 0.1) is 0 Å². The van der Waals surface area contributed by atoms with Crippen LogP contribution in [0.1, 0.15) is 18.7 Å². The van der Waals surface area contributed by atoms with Gasteiger partial charge in [-0.15, -0.1) is 11.3 Å². The van der Waals surface area contributed by atoms with E-state index in [1.54, 1.807) is 11.3 Å². The van der Waals surface area contributed by atoms with Crippen molar-refractivity contribution in [2.75, 3.05) is 27.2 Å². The highest BCUT2D eigenvalue weighted by Crippen LogP contribution is 2.26. The number of halogens is 1. The van der Waals surface area contributed by atoms with E-state index in [0.717, 1.165) is 35.7 Å². The second-order valence-electron chi connectivity index (χ2n) is 5.60. The Bertz CT molecular complexity index is 598. The average molecular weight is 311 g/mol. The van der Waals surface area contributed by atoms with Crippen LogP contribution in [0.15, 0.2) is 11.4 Å². The Balaban J connectivity index is 1.78. The Labute approximate surface area is 128 Å². The summed E-state index contributed by atoms with van der Waals surface area (Å²) in [6.07, 6.45) is 2.51. The van der Waals surface area contributed by atoms with Gasteiger partial charge in [0, 0.05) is 18.0 Å². The lowest BCUT2D eigenvalue weighted by atomic mass is 10.2. The molecule has 1 aliphatic heterocycles. The minimum Gasteiger partial charge on any atom is -0.308 e. The predicted molar refractivity (Wildman–Crippen MR) is 84.4 cm³/mol. The van der Waals surface area contributed by atoms with Crippen LogP contribution in [0.25, 0.3) is 10.2 Å². The molecule has 1 atom stereocenters. The van der Waals surface area contributed by atoms with Crippen LogP contribution < -0.4 is 0 Å². The van der Waals surface area contributed by atoms with E-state index < -0.39 is 0 Å². The summed E-state index contributed by atoms with van der Waals surface area (Å²) in [5, 5.41) is 3.56. The lowest BCUT2D eigenvalue weighted by molar-refractivity contribution is 0.197. The minimum absolute atomic E-state index is 0.578. The summed E-state index contributed by atoms with van der Waals surface area (Å²) in [4.78, 5) is 14.8. The van der Waals surface area contributed by atoms with E-state index in [-0.39, 0.29) is 0 Å². The van der Waals surface area contributed by atoms with Gasteiger partial charge in [0.15, 0.2) is 0 Å². The van der Waals surface area contributed by atoms with Crippen molar-refractivity contribution < 1.29 is 0 Å². The van der Waals surface area contributed by atoms with Crippen molar-refractivity contribution in [3.05, 3.63) is 22.4 Å². The number of hydrogen-bond acceptors (Lipinski definition) is 5. The second-order valence-corrected chi connectivity index (χ2v) is 6.85. The topological polar surface area (TPSA) is 32.3 Å². The number of fused-ring (bicyclic) bond motifs is 1. The van der Waals surface area contributed by atoms with Gasteiger partial charge in [-0.3, -0.25) is 4.90 Å². The van der Waals surface area contributed by atoms with Crippen LogP contribution >= 0.6 is 22.9 Å². The van der Waals surface area contributed by atoms with Crippen molar-refractivity contribution in [2.24, 2.45) is 0 Å². The molecule has 3 rings (SSSR count). The van der Waals surface area contributed by atoms with E-state index in [4.69, 9.17) is 11.6 Å².